The number of hydrogen-bond donors (Lipinski definition) is 1. The second-order valence-corrected chi connectivity index (χ2v) is 12.4. The molecule has 2 amide bonds. The Morgan fingerprint density at radius 2 is 1.70 bits per heavy atom. The van der Waals surface area contributed by atoms with Crippen molar-refractivity contribution in [3.8, 4) is 11.3 Å². The lowest BCUT2D eigenvalue weighted by Crippen LogP contribution is -2.65. The van der Waals surface area contributed by atoms with E-state index in [4.69, 9.17) is 0 Å². The first-order chi connectivity index (χ1) is 20.2. The normalized spacial score (nSPS) is 22.4. The number of halogens is 7. The van der Waals surface area contributed by atoms with E-state index in [2.05, 4.69) is 10.1 Å². The molecule has 238 valence electrons. The number of hydrogen-bond acceptors (Lipinski definition) is 5. The van der Waals surface area contributed by atoms with Gasteiger partial charge in [-0.15, -0.1) is 0 Å². The van der Waals surface area contributed by atoms with Crippen LogP contribution in [0.15, 0.2) is 30.5 Å². The smallest absolute Gasteiger partial charge is 0.380 e. The van der Waals surface area contributed by atoms with E-state index in [-0.39, 0.29) is 42.5 Å². The molecular formula is C29H30F7N5O3. The molecule has 0 unspecified atom stereocenters. The number of aromatic nitrogens is 3. The van der Waals surface area contributed by atoms with Crippen LogP contribution in [0.25, 0.3) is 16.9 Å². The molecule has 0 bridgehead atoms. The highest BCUT2D eigenvalue weighted by Crippen LogP contribution is 2.49. The Morgan fingerprint density at radius 3 is 2.25 bits per heavy atom. The molecule has 44 heavy (non-hydrogen) atoms. The molecule has 1 aliphatic heterocycles. The zero-order valence-corrected chi connectivity index (χ0v) is 24.2. The Morgan fingerprint density at radius 1 is 1.05 bits per heavy atom. The van der Waals surface area contributed by atoms with Gasteiger partial charge >= 0.3 is 12.4 Å². The van der Waals surface area contributed by atoms with Gasteiger partial charge in [0.1, 0.15) is 11.5 Å². The molecule has 8 nitrogen and oxygen atoms in total. The van der Waals surface area contributed by atoms with Crippen LogP contribution < -0.4 is 0 Å². The zero-order valence-electron chi connectivity index (χ0n) is 24.2. The highest BCUT2D eigenvalue weighted by Gasteiger charge is 2.63. The number of benzene rings is 1. The van der Waals surface area contributed by atoms with Crippen molar-refractivity contribution < 1.29 is 45.4 Å². The van der Waals surface area contributed by atoms with Gasteiger partial charge in [0.2, 0.25) is 5.91 Å². The van der Waals surface area contributed by atoms with Gasteiger partial charge in [0.05, 0.1) is 23.0 Å². The summed E-state index contributed by atoms with van der Waals surface area (Å²) in [6.45, 7) is 7.30. The second-order valence-electron chi connectivity index (χ2n) is 12.4. The van der Waals surface area contributed by atoms with Crippen molar-refractivity contribution in [3.05, 3.63) is 53.1 Å². The van der Waals surface area contributed by atoms with Crippen molar-refractivity contribution in [2.24, 2.45) is 5.92 Å². The van der Waals surface area contributed by atoms with Crippen LogP contribution in [0.4, 0.5) is 30.7 Å². The van der Waals surface area contributed by atoms with E-state index in [0.717, 1.165) is 12.1 Å². The molecule has 1 aromatic carbocycles. The third-order valence-electron chi connectivity index (χ3n) is 8.37. The minimum Gasteiger partial charge on any atom is -0.380 e. The average molecular weight is 630 g/mol. The minimum atomic E-state index is -4.86. The summed E-state index contributed by atoms with van der Waals surface area (Å²) in [6.07, 6.45) is -9.72. The summed E-state index contributed by atoms with van der Waals surface area (Å²) < 4.78 is 93.9. The van der Waals surface area contributed by atoms with Crippen molar-refractivity contribution in [1.82, 2.24) is 24.4 Å². The zero-order chi connectivity index (χ0) is 32.6. The van der Waals surface area contributed by atoms with E-state index in [1.54, 1.807) is 19.9 Å². The monoisotopic (exact) mass is 629 g/mol. The first kappa shape index (κ1) is 31.7. The Kier molecular flexibility index (Phi) is 7.50. The van der Waals surface area contributed by atoms with Gasteiger partial charge < -0.3 is 14.9 Å². The van der Waals surface area contributed by atoms with Crippen LogP contribution >= 0.6 is 0 Å². The molecule has 3 heterocycles. The van der Waals surface area contributed by atoms with Crippen molar-refractivity contribution in [3.63, 3.8) is 0 Å². The third-order valence-corrected chi connectivity index (χ3v) is 8.37. The number of rotatable bonds is 4. The predicted octanol–water partition coefficient (Wildman–Crippen LogP) is 5.44. The van der Waals surface area contributed by atoms with E-state index >= 15 is 0 Å². The maximum atomic E-state index is 14.3. The topological polar surface area (TPSA) is 91.0 Å². The summed E-state index contributed by atoms with van der Waals surface area (Å²) in [4.78, 5) is 34.0. The number of aliphatic hydroxyl groups is 1. The standard InChI is InChI=1S/C29H30F7N5O3/c1-15(2)18-10-21(16-5-6-19(20(30)9-16)28(31,32)33)38-41-13-22(37-23(18)41)25(43)40-8-7-39(14-26(40,3)4)24(42)17-11-27(44,12-17)29(34,35)36/h5-6,9-10,13,15,17,44H,7-8,11-12,14H2,1-4H3/t17-,27+. The largest absolute Gasteiger partial charge is 0.419 e. The lowest BCUT2D eigenvalue weighted by molar-refractivity contribution is -0.297. The summed E-state index contributed by atoms with van der Waals surface area (Å²) in [5, 5.41) is 14.1. The van der Waals surface area contributed by atoms with Crippen molar-refractivity contribution in [2.45, 2.75) is 69.9 Å². The fraction of sp³-hybridized carbons (Fsp3) is 0.517. The molecule has 15 heteroatoms. The van der Waals surface area contributed by atoms with Crippen LogP contribution in [0.2, 0.25) is 0 Å². The van der Waals surface area contributed by atoms with E-state index < -0.39 is 65.4 Å². The predicted molar refractivity (Wildman–Crippen MR) is 143 cm³/mol. The number of alkyl halides is 6. The van der Waals surface area contributed by atoms with Gasteiger partial charge in [0, 0.05) is 36.7 Å². The van der Waals surface area contributed by atoms with Crippen LogP contribution in [0.5, 0.6) is 0 Å². The molecule has 0 spiro atoms. The molecule has 3 aromatic rings. The number of nitrogens with zero attached hydrogens (tertiary/aromatic N) is 5. The summed E-state index contributed by atoms with van der Waals surface area (Å²) in [7, 11) is 0. The molecule has 1 saturated heterocycles. The number of carbonyl (C=O) groups excluding carboxylic acids is 2. The average Bonchev–Trinajstić information content (AvgIpc) is 3.32. The Balaban J connectivity index is 1.38. The number of carbonyl (C=O) groups is 2. The first-order valence-electron chi connectivity index (χ1n) is 13.9. The maximum absolute atomic E-state index is 14.3. The fourth-order valence-corrected chi connectivity index (χ4v) is 5.85. The molecule has 0 atom stereocenters. The van der Waals surface area contributed by atoms with Crippen LogP contribution in [-0.4, -0.2) is 78.3 Å². The van der Waals surface area contributed by atoms with E-state index in [1.165, 1.54) is 20.5 Å². The quantitative estimate of drug-likeness (QED) is 0.388. The van der Waals surface area contributed by atoms with Gasteiger partial charge in [-0.1, -0.05) is 19.9 Å². The van der Waals surface area contributed by atoms with Crippen LogP contribution in [0, 0.1) is 11.7 Å². The summed E-state index contributed by atoms with van der Waals surface area (Å²) in [5.41, 5.74) is -3.97. The highest BCUT2D eigenvalue weighted by atomic mass is 19.4. The molecule has 0 radical (unpaired) electrons. The van der Waals surface area contributed by atoms with Gasteiger partial charge in [0.15, 0.2) is 11.2 Å². The van der Waals surface area contributed by atoms with Crippen molar-refractivity contribution in [2.75, 3.05) is 19.6 Å². The van der Waals surface area contributed by atoms with Gasteiger partial charge in [-0.05, 0) is 50.8 Å². The first-order valence-corrected chi connectivity index (χ1v) is 13.9. The van der Waals surface area contributed by atoms with E-state index in [1.807, 2.05) is 13.8 Å². The summed E-state index contributed by atoms with van der Waals surface area (Å²) in [5.74, 6) is -3.57. The van der Waals surface area contributed by atoms with Gasteiger partial charge in [-0.3, -0.25) is 9.59 Å². The number of piperazine rings is 1. The molecule has 1 aliphatic carbocycles. The molecule has 2 aromatic heterocycles. The molecule has 1 saturated carbocycles. The van der Waals surface area contributed by atoms with Gasteiger partial charge in [-0.25, -0.2) is 13.9 Å². The number of amides is 2. The molecule has 2 aliphatic rings. The van der Waals surface area contributed by atoms with E-state index in [9.17, 15) is 45.4 Å². The van der Waals surface area contributed by atoms with Crippen molar-refractivity contribution in [1.29, 1.82) is 0 Å². The lowest BCUT2D eigenvalue weighted by Gasteiger charge is -2.50. The lowest BCUT2D eigenvalue weighted by atomic mass is 9.69. The second kappa shape index (κ2) is 10.4. The van der Waals surface area contributed by atoms with Crippen LogP contribution in [-0.2, 0) is 11.0 Å². The van der Waals surface area contributed by atoms with Gasteiger partial charge in [-0.2, -0.15) is 31.4 Å². The molecule has 1 N–H and O–H groups in total. The molecule has 2 fully saturated rings. The maximum Gasteiger partial charge on any atom is 0.419 e. The fourth-order valence-electron chi connectivity index (χ4n) is 5.85. The minimum absolute atomic E-state index is 0.0113. The molecular weight excluding hydrogens is 599 g/mol. The third kappa shape index (κ3) is 5.50. The Bertz CT molecular complexity index is 1620. The van der Waals surface area contributed by atoms with E-state index in [0.29, 0.717) is 17.3 Å². The van der Waals surface area contributed by atoms with Crippen LogP contribution in [0.3, 0.4) is 0 Å². The Labute approximate surface area is 247 Å². The summed E-state index contributed by atoms with van der Waals surface area (Å²) in [6, 6.07) is 4.09. The SMILES string of the molecule is CC(C)c1cc(-c2ccc(C(F)(F)F)c(F)c2)nn2cc(C(=O)N3CCN(C(=O)[C@H]4C[C@](O)(C(F)(F)F)C4)CC3(C)C)nc12. The van der Waals surface area contributed by atoms with Crippen LogP contribution in [0.1, 0.15) is 68.1 Å². The van der Waals surface area contributed by atoms with Gasteiger partial charge in [0.25, 0.3) is 5.91 Å². The van der Waals surface area contributed by atoms with Crippen molar-refractivity contribution >= 4 is 17.5 Å². The summed E-state index contributed by atoms with van der Waals surface area (Å²) >= 11 is 0. The number of imidazole rings is 1. The number of fused-ring (bicyclic) bond motifs is 1. The Hall–Kier alpha value is -3.75. The highest BCUT2D eigenvalue weighted by molar-refractivity contribution is 5.94. The molecule has 5 rings (SSSR count).